The van der Waals surface area contributed by atoms with Gasteiger partial charge in [-0.3, -0.25) is 14.6 Å². The smallest absolute Gasteiger partial charge is 0.235 e. The highest BCUT2D eigenvalue weighted by Gasteiger charge is 2.35. The van der Waals surface area contributed by atoms with Crippen LogP contribution in [-0.2, 0) is 22.7 Å². The van der Waals surface area contributed by atoms with Crippen molar-refractivity contribution in [3.8, 4) is 0 Å². The third kappa shape index (κ3) is 6.45. The Morgan fingerprint density at radius 2 is 1.41 bits per heavy atom. The number of carbonyl (C=O) groups excluding carboxylic acids is 2. The highest BCUT2D eigenvalue weighted by atomic mass is 16.3. The monoisotopic (exact) mass is 553 g/mol. The topological polar surface area (TPSA) is 79.3 Å². The second-order valence-electron chi connectivity index (χ2n) is 11.0. The lowest BCUT2D eigenvalue weighted by atomic mass is 9.87. The Hall–Kier alpha value is -4.13. The summed E-state index contributed by atoms with van der Waals surface area (Å²) in [5.74, 6) is -0.845. The van der Waals surface area contributed by atoms with E-state index in [1.165, 1.54) is 0 Å². The Bertz CT molecular complexity index is 1500. The molecule has 41 heavy (non-hydrogen) atoms. The van der Waals surface area contributed by atoms with Gasteiger partial charge in [-0.15, -0.1) is 0 Å². The maximum Gasteiger partial charge on any atom is 0.235 e. The van der Waals surface area contributed by atoms with Gasteiger partial charge in [-0.25, -0.2) is 0 Å². The van der Waals surface area contributed by atoms with Crippen LogP contribution in [0.4, 0.5) is 0 Å². The van der Waals surface area contributed by atoms with Crippen LogP contribution in [0.25, 0.3) is 21.9 Å². The van der Waals surface area contributed by atoms with Gasteiger partial charge < -0.3 is 18.6 Å². The summed E-state index contributed by atoms with van der Waals surface area (Å²) in [4.78, 5) is 36.8. The zero-order valence-electron chi connectivity index (χ0n) is 24.4. The van der Waals surface area contributed by atoms with Gasteiger partial charge in [-0.2, -0.15) is 0 Å². The second-order valence-corrected chi connectivity index (χ2v) is 11.0. The van der Waals surface area contributed by atoms with Crippen LogP contribution in [0, 0.1) is 11.8 Å². The first kappa shape index (κ1) is 28.4. The summed E-state index contributed by atoms with van der Waals surface area (Å²) in [6.45, 7) is 10.7. The normalized spacial score (nSPS) is 15.6. The highest BCUT2D eigenvalue weighted by molar-refractivity contribution is 6.01. The summed E-state index contributed by atoms with van der Waals surface area (Å²) in [6.07, 6.45) is 6.71. The van der Waals surface area contributed by atoms with Crippen molar-refractivity contribution in [1.82, 2.24) is 9.80 Å². The van der Waals surface area contributed by atoms with Crippen molar-refractivity contribution >= 4 is 39.5 Å². The van der Waals surface area contributed by atoms with E-state index >= 15 is 0 Å². The van der Waals surface area contributed by atoms with Gasteiger partial charge in [0.1, 0.15) is 17.1 Å². The minimum absolute atomic E-state index is 0.138. The molecule has 0 N–H and O–H groups in total. The predicted molar refractivity (Wildman–Crippen MR) is 163 cm³/mol. The van der Waals surface area contributed by atoms with Crippen LogP contribution in [0.15, 0.2) is 86.5 Å². The van der Waals surface area contributed by atoms with Crippen LogP contribution in [0.2, 0.25) is 0 Å². The predicted octanol–water partition coefficient (Wildman–Crippen LogP) is 7.01. The van der Waals surface area contributed by atoms with E-state index in [4.69, 9.17) is 8.83 Å². The number of hydrogen-bond acceptors (Lipinski definition) is 5. The lowest BCUT2D eigenvalue weighted by molar-refractivity contribution is -0.147. The largest absolute Gasteiger partial charge is 0.464 e. The van der Waals surface area contributed by atoms with E-state index in [9.17, 15) is 9.59 Å². The molecule has 0 fully saturated rings. The van der Waals surface area contributed by atoms with E-state index in [1.807, 2.05) is 69.3 Å². The third-order valence-electron chi connectivity index (χ3n) is 8.15. The number of fused-ring (bicyclic) bond motifs is 2. The lowest BCUT2D eigenvalue weighted by Crippen LogP contribution is -2.45. The Morgan fingerprint density at radius 1 is 0.878 bits per heavy atom. The minimum atomic E-state index is -0.815. The molecule has 1 unspecified atom stereocenters. The molecule has 1 aliphatic rings. The van der Waals surface area contributed by atoms with Gasteiger partial charge in [0, 0.05) is 49.2 Å². The van der Waals surface area contributed by atoms with Crippen molar-refractivity contribution in [2.45, 2.75) is 53.6 Å². The molecule has 0 spiro atoms. The average Bonchev–Trinajstić information content (AvgIpc) is 3.61. The summed E-state index contributed by atoms with van der Waals surface area (Å²) in [7, 11) is 0. The first-order valence-electron chi connectivity index (χ1n) is 14.6. The van der Waals surface area contributed by atoms with E-state index in [0.717, 1.165) is 57.3 Å². The molecular formula is C34H39N3O4. The van der Waals surface area contributed by atoms with Gasteiger partial charge >= 0.3 is 0 Å². The number of allylic oxidation sites excluding steroid dienone is 2. The molecule has 0 aliphatic carbocycles. The first-order chi connectivity index (χ1) is 19.9. The van der Waals surface area contributed by atoms with Gasteiger partial charge in [0.2, 0.25) is 11.8 Å². The van der Waals surface area contributed by atoms with Crippen molar-refractivity contribution in [2.75, 3.05) is 19.6 Å². The van der Waals surface area contributed by atoms with Crippen LogP contribution < -0.4 is 0 Å². The van der Waals surface area contributed by atoms with Crippen LogP contribution in [0.1, 0.15) is 51.7 Å². The Morgan fingerprint density at radius 3 is 1.93 bits per heavy atom. The molecule has 1 atom stereocenters. The van der Waals surface area contributed by atoms with Crippen molar-refractivity contribution in [3.05, 3.63) is 83.8 Å². The molecule has 0 saturated heterocycles. The molecule has 2 aromatic carbocycles. The summed E-state index contributed by atoms with van der Waals surface area (Å²) in [5, 5.41) is 2.00. The maximum absolute atomic E-state index is 14.3. The van der Waals surface area contributed by atoms with Crippen LogP contribution in [0.5, 0.6) is 0 Å². The van der Waals surface area contributed by atoms with E-state index in [0.29, 0.717) is 32.6 Å². The van der Waals surface area contributed by atoms with Crippen molar-refractivity contribution in [3.63, 3.8) is 0 Å². The number of carbonyl (C=O) groups is 2. The Kier molecular flexibility index (Phi) is 8.72. The standard InChI is InChI=1S/C34H39N3O4/c1-5-36(21-25-7-9-31-27(18-25)12-15-40-31)33(38)30(20-29-17-24(4)35-14-11-23(29)3)34(39)37(6-2)22-26-8-10-32-28(19-26)13-16-41-32/h7-10,12-13,15-19,23,30H,5-6,11,14,20-22H2,1-4H3. The highest BCUT2D eigenvalue weighted by Crippen LogP contribution is 2.29. The SMILES string of the molecule is CCN(Cc1ccc2occc2c1)C(=O)C(CC1=CC(C)=NCCC1C)C(=O)N(CC)Cc1ccc2occc2c1. The zero-order chi connectivity index (χ0) is 28.9. The zero-order valence-corrected chi connectivity index (χ0v) is 24.4. The number of aliphatic imine (C=N–C) groups is 1. The molecule has 5 rings (SSSR count). The van der Waals surface area contributed by atoms with Crippen LogP contribution in [-0.4, -0.2) is 47.0 Å². The van der Waals surface area contributed by atoms with E-state index in [1.54, 1.807) is 22.3 Å². The number of amides is 2. The van der Waals surface area contributed by atoms with Crippen molar-refractivity contribution in [1.29, 1.82) is 0 Å². The van der Waals surface area contributed by atoms with Crippen molar-refractivity contribution < 1.29 is 18.4 Å². The lowest BCUT2D eigenvalue weighted by Gasteiger charge is -2.31. The van der Waals surface area contributed by atoms with E-state index in [-0.39, 0.29) is 17.7 Å². The third-order valence-corrected chi connectivity index (χ3v) is 8.15. The summed E-state index contributed by atoms with van der Waals surface area (Å²) in [5.41, 5.74) is 5.70. The van der Waals surface area contributed by atoms with Crippen LogP contribution >= 0.6 is 0 Å². The van der Waals surface area contributed by atoms with Gasteiger partial charge in [0.25, 0.3) is 0 Å². The quantitative estimate of drug-likeness (QED) is 0.198. The molecule has 0 radical (unpaired) electrons. The van der Waals surface area contributed by atoms with E-state index in [2.05, 4.69) is 18.0 Å². The number of nitrogens with zero attached hydrogens (tertiary/aromatic N) is 3. The molecule has 4 aromatic rings. The number of furan rings is 2. The molecule has 7 nitrogen and oxygen atoms in total. The van der Waals surface area contributed by atoms with Crippen LogP contribution in [0.3, 0.4) is 0 Å². The maximum atomic E-state index is 14.3. The fourth-order valence-corrected chi connectivity index (χ4v) is 5.65. The number of rotatable bonds is 10. The summed E-state index contributed by atoms with van der Waals surface area (Å²) < 4.78 is 11.0. The fourth-order valence-electron chi connectivity index (χ4n) is 5.65. The van der Waals surface area contributed by atoms with Gasteiger partial charge in [-0.1, -0.05) is 24.6 Å². The molecule has 3 heterocycles. The molecule has 2 aromatic heterocycles. The molecule has 0 saturated carbocycles. The van der Waals surface area contributed by atoms with Gasteiger partial charge in [0.05, 0.1) is 12.5 Å². The molecular weight excluding hydrogens is 514 g/mol. The summed E-state index contributed by atoms with van der Waals surface area (Å²) >= 11 is 0. The van der Waals surface area contributed by atoms with Gasteiger partial charge in [0.15, 0.2) is 0 Å². The van der Waals surface area contributed by atoms with Gasteiger partial charge in [-0.05, 0) is 93.1 Å². The molecule has 7 heteroatoms. The molecule has 0 bridgehead atoms. The average molecular weight is 554 g/mol. The fraction of sp³-hybridized carbons (Fsp3) is 0.382. The molecule has 1 aliphatic heterocycles. The number of hydrogen-bond donors (Lipinski definition) is 0. The van der Waals surface area contributed by atoms with E-state index < -0.39 is 5.92 Å². The Balaban J connectivity index is 1.43. The molecule has 214 valence electrons. The second kappa shape index (κ2) is 12.6. The first-order valence-corrected chi connectivity index (χ1v) is 14.6. The summed E-state index contributed by atoms with van der Waals surface area (Å²) in [6, 6.07) is 15.8. The minimum Gasteiger partial charge on any atom is -0.464 e. The Labute approximate surface area is 241 Å². The van der Waals surface area contributed by atoms with Crippen molar-refractivity contribution in [2.24, 2.45) is 16.8 Å². The molecule has 2 amide bonds. The number of benzene rings is 2.